The molecule has 2 saturated carbocycles. The van der Waals surface area contributed by atoms with Gasteiger partial charge in [-0.3, -0.25) is 4.79 Å². The number of hydrogen-bond acceptors (Lipinski definition) is 11. The molecule has 1 amide bonds. The lowest BCUT2D eigenvalue weighted by atomic mass is 9.44. The van der Waals surface area contributed by atoms with Gasteiger partial charge in [0.2, 0.25) is 0 Å². The number of rotatable bonds is 9. The predicted molar refractivity (Wildman–Crippen MR) is 195 cm³/mol. The Hall–Kier alpha value is -3.29. The molecular formula is C41H59NO11. The molecular weight excluding hydrogens is 682 g/mol. The highest BCUT2D eigenvalue weighted by Crippen LogP contribution is 2.66. The summed E-state index contributed by atoms with van der Waals surface area (Å²) in [5, 5.41) is 39.2. The summed E-state index contributed by atoms with van der Waals surface area (Å²) in [6, 6.07) is 7.35. The number of alkyl carbamates (subject to hydrolysis) is 1. The first-order valence-electron chi connectivity index (χ1n) is 18.7. The van der Waals surface area contributed by atoms with Crippen LogP contribution in [0.5, 0.6) is 0 Å². The lowest BCUT2D eigenvalue weighted by molar-refractivity contribution is -0.342. The molecule has 4 N–H and O–H groups in total. The van der Waals surface area contributed by atoms with Crippen molar-refractivity contribution in [2.45, 2.75) is 148 Å². The van der Waals surface area contributed by atoms with Crippen molar-refractivity contribution >= 4 is 18.0 Å². The van der Waals surface area contributed by atoms with E-state index in [4.69, 9.17) is 23.7 Å². The maximum atomic E-state index is 14.0. The Labute approximate surface area is 313 Å². The first kappa shape index (κ1) is 40.9. The van der Waals surface area contributed by atoms with E-state index in [9.17, 15) is 29.7 Å². The quantitative estimate of drug-likeness (QED) is 0.151. The van der Waals surface area contributed by atoms with Crippen LogP contribution in [0.3, 0.4) is 0 Å². The zero-order valence-corrected chi connectivity index (χ0v) is 32.8. The fourth-order valence-corrected chi connectivity index (χ4v) is 9.47. The zero-order chi connectivity index (χ0) is 39.5. The van der Waals surface area contributed by atoms with Crippen molar-refractivity contribution in [2.75, 3.05) is 6.61 Å². The molecule has 12 heteroatoms. The fraction of sp³-hybridized carbons (Fsp3) is 0.683. The molecule has 3 unspecified atom stereocenters. The summed E-state index contributed by atoms with van der Waals surface area (Å²) in [6.07, 6.45) is -4.36. The average Bonchev–Trinajstić information content (AvgIpc) is 3.06. The minimum atomic E-state index is -1.85. The number of aliphatic hydroxyl groups excluding tert-OH is 2. The van der Waals surface area contributed by atoms with Gasteiger partial charge in [-0.15, -0.1) is 6.58 Å². The molecule has 1 aromatic carbocycles. The summed E-state index contributed by atoms with van der Waals surface area (Å²) in [5.74, 6) is -2.49. The third kappa shape index (κ3) is 7.17. The van der Waals surface area contributed by atoms with E-state index in [0.717, 1.165) is 0 Å². The molecule has 1 saturated heterocycles. The SMILES string of the molecule is C=CC(C)O[C@@H]1C2=C(C)[C@@H](OC(=O)[C@H](O)[C@@H](NC(=O)OC(C)(C)C)c3ccccc3)C[C@@](O)(C[C@H]3[C@](C)(C1C)[C@@H](O)CC1OC[C@]13OC(C)=O)C2(C)C. The molecule has 5 rings (SSSR count). The summed E-state index contributed by atoms with van der Waals surface area (Å²) >= 11 is 0. The van der Waals surface area contributed by atoms with Gasteiger partial charge < -0.3 is 44.3 Å². The molecule has 0 aromatic heterocycles. The third-order valence-electron chi connectivity index (χ3n) is 12.8. The van der Waals surface area contributed by atoms with Crippen LogP contribution in [0.15, 0.2) is 54.1 Å². The summed E-state index contributed by atoms with van der Waals surface area (Å²) in [4.78, 5) is 39.6. The van der Waals surface area contributed by atoms with Crippen LogP contribution in [0.4, 0.5) is 4.79 Å². The van der Waals surface area contributed by atoms with Crippen molar-refractivity contribution in [3.05, 3.63) is 59.7 Å². The molecule has 0 spiro atoms. The number of esters is 2. The lowest BCUT2D eigenvalue weighted by Gasteiger charge is -2.68. The van der Waals surface area contributed by atoms with Crippen molar-refractivity contribution in [2.24, 2.45) is 22.7 Å². The van der Waals surface area contributed by atoms with E-state index in [2.05, 4.69) is 11.9 Å². The Kier molecular flexibility index (Phi) is 11.1. The number of carbonyl (C=O) groups excluding carboxylic acids is 3. The van der Waals surface area contributed by atoms with Crippen LogP contribution in [-0.2, 0) is 33.3 Å². The van der Waals surface area contributed by atoms with Gasteiger partial charge in [0, 0.05) is 36.5 Å². The topological polar surface area (TPSA) is 170 Å². The van der Waals surface area contributed by atoms with Crippen LogP contribution in [-0.4, -0.2) is 93.4 Å². The Bertz CT molecular complexity index is 1600. The van der Waals surface area contributed by atoms with Gasteiger partial charge in [0.05, 0.1) is 36.6 Å². The molecule has 2 bridgehead atoms. The second kappa shape index (κ2) is 14.4. The second-order valence-electron chi connectivity index (χ2n) is 17.4. The Morgan fingerprint density at radius 2 is 1.75 bits per heavy atom. The maximum Gasteiger partial charge on any atom is 0.408 e. The number of benzene rings is 1. The molecule has 1 heterocycles. The summed E-state index contributed by atoms with van der Waals surface area (Å²) in [6.45, 7) is 22.1. The molecule has 4 aliphatic rings. The van der Waals surface area contributed by atoms with E-state index in [1.807, 2.05) is 41.5 Å². The van der Waals surface area contributed by atoms with Gasteiger partial charge in [-0.05, 0) is 63.7 Å². The van der Waals surface area contributed by atoms with Crippen LogP contribution in [0.1, 0.15) is 100 Å². The number of carbonyl (C=O) groups is 3. The van der Waals surface area contributed by atoms with E-state index in [1.165, 1.54) is 6.92 Å². The molecule has 1 aromatic rings. The molecule has 0 radical (unpaired) electrons. The van der Waals surface area contributed by atoms with Crippen LogP contribution >= 0.6 is 0 Å². The van der Waals surface area contributed by atoms with Gasteiger partial charge >= 0.3 is 18.0 Å². The van der Waals surface area contributed by atoms with E-state index >= 15 is 0 Å². The van der Waals surface area contributed by atoms with Crippen molar-refractivity contribution < 1.29 is 53.4 Å². The summed E-state index contributed by atoms with van der Waals surface area (Å²) < 4.78 is 30.5. The summed E-state index contributed by atoms with van der Waals surface area (Å²) in [5.41, 5.74) is -3.61. The van der Waals surface area contributed by atoms with Crippen molar-refractivity contribution in [1.29, 1.82) is 0 Å². The predicted octanol–water partition coefficient (Wildman–Crippen LogP) is 5.09. The van der Waals surface area contributed by atoms with Gasteiger partial charge in [0.25, 0.3) is 0 Å². The second-order valence-corrected chi connectivity index (χ2v) is 17.4. The largest absolute Gasteiger partial charge is 0.456 e. The first-order valence-corrected chi connectivity index (χ1v) is 18.7. The molecule has 294 valence electrons. The monoisotopic (exact) mass is 741 g/mol. The van der Waals surface area contributed by atoms with Gasteiger partial charge in [-0.1, -0.05) is 64.1 Å². The minimum Gasteiger partial charge on any atom is -0.456 e. The molecule has 12 nitrogen and oxygen atoms in total. The average molecular weight is 742 g/mol. The highest BCUT2D eigenvalue weighted by Gasteiger charge is 2.73. The van der Waals surface area contributed by atoms with Crippen molar-refractivity contribution in [3.8, 4) is 0 Å². The van der Waals surface area contributed by atoms with Crippen LogP contribution < -0.4 is 5.32 Å². The van der Waals surface area contributed by atoms with E-state index in [0.29, 0.717) is 16.7 Å². The van der Waals surface area contributed by atoms with Crippen molar-refractivity contribution in [1.82, 2.24) is 5.32 Å². The Morgan fingerprint density at radius 3 is 2.30 bits per heavy atom. The van der Waals surface area contributed by atoms with E-state index in [-0.39, 0.29) is 25.9 Å². The standard InChI is InChI=1S/C41H59NO11/c1-12-22(2)50-34-24(4)39(11)28(41(52-25(5)43)21-49-30(41)18-29(39)44)20-40(48)19-27(23(3)31(34)38(40,9)10)51-35(46)33(45)32(26-16-14-13-15-17-26)42-36(47)53-37(6,7)8/h12-17,22,24,27-30,32-34,44-45,48H,1,18-21H2,2-11H3,(H,42,47)/t22?,24?,27-,28-,29-,30?,32-,33+,34-,39-,40+,41+/m0/s1. The summed E-state index contributed by atoms with van der Waals surface area (Å²) in [7, 11) is 0. The van der Waals surface area contributed by atoms with Crippen LogP contribution in [0.2, 0.25) is 0 Å². The number of hydrogen-bond donors (Lipinski definition) is 4. The van der Waals surface area contributed by atoms with Gasteiger partial charge in [0.1, 0.15) is 17.8 Å². The number of nitrogens with one attached hydrogen (secondary N) is 1. The molecule has 53 heavy (non-hydrogen) atoms. The third-order valence-corrected chi connectivity index (χ3v) is 12.8. The first-order chi connectivity index (χ1) is 24.5. The molecule has 1 aliphatic heterocycles. The number of aliphatic hydroxyl groups is 3. The number of amides is 1. The molecule has 12 atom stereocenters. The molecule has 3 fully saturated rings. The maximum absolute atomic E-state index is 14.0. The van der Waals surface area contributed by atoms with E-state index < -0.39 is 100 Å². The number of ether oxygens (including phenoxy) is 5. The highest BCUT2D eigenvalue weighted by atomic mass is 16.6. The van der Waals surface area contributed by atoms with Crippen LogP contribution in [0.25, 0.3) is 0 Å². The smallest absolute Gasteiger partial charge is 0.408 e. The number of fused-ring (bicyclic) bond motifs is 5. The van der Waals surface area contributed by atoms with Crippen LogP contribution in [0, 0.1) is 22.7 Å². The van der Waals surface area contributed by atoms with Gasteiger partial charge in [-0.25, -0.2) is 9.59 Å². The lowest BCUT2D eigenvalue weighted by Crippen LogP contribution is -2.77. The highest BCUT2D eigenvalue weighted by molar-refractivity contribution is 5.78. The zero-order valence-electron chi connectivity index (χ0n) is 32.8. The van der Waals surface area contributed by atoms with Gasteiger partial charge in [0.15, 0.2) is 11.7 Å². The van der Waals surface area contributed by atoms with Gasteiger partial charge in [-0.2, -0.15) is 0 Å². The van der Waals surface area contributed by atoms with E-state index in [1.54, 1.807) is 57.2 Å². The Morgan fingerprint density at radius 1 is 1.11 bits per heavy atom. The molecule has 3 aliphatic carbocycles. The minimum absolute atomic E-state index is 0.0637. The normalized spacial score (nSPS) is 36.5. The van der Waals surface area contributed by atoms with Crippen molar-refractivity contribution in [3.63, 3.8) is 0 Å². The fourth-order valence-electron chi connectivity index (χ4n) is 9.47. The Balaban J connectivity index is 1.60.